The molecule has 0 bridgehead atoms. The molecule has 0 amide bonds. The van der Waals surface area contributed by atoms with Crippen LogP contribution in [0.1, 0.15) is 16.7 Å². The van der Waals surface area contributed by atoms with Crippen molar-refractivity contribution in [1.82, 2.24) is 4.98 Å². The van der Waals surface area contributed by atoms with E-state index in [0.29, 0.717) is 0 Å². The van der Waals surface area contributed by atoms with Crippen LogP contribution in [0.15, 0.2) is 54.9 Å². The van der Waals surface area contributed by atoms with E-state index in [4.69, 9.17) is 30.5 Å². The molecule has 0 fully saturated rings. The Morgan fingerprint density at radius 2 is 1.81 bits per heavy atom. The van der Waals surface area contributed by atoms with E-state index in [2.05, 4.69) is 40.1 Å². The Labute approximate surface area is 219 Å². The number of hydrogen-bond acceptors (Lipinski definition) is 4. The second-order valence-electron chi connectivity index (χ2n) is 9.53. The van der Waals surface area contributed by atoms with Crippen LogP contribution in [0.3, 0.4) is 0 Å². The summed E-state index contributed by atoms with van der Waals surface area (Å²) in [5.41, 5.74) is 7.31. The number of halogens is 1. The number of aromatic amines is 1. The molecule has 5 aromatic rings. The lowest BCUT2D eigenvalue weighted by Gasteiger charge is -2.21. The van der Waals surface area contributed by atoms with Crippen molar-refractivity contribution in [2.45, 2.75) is 25.8 Å². The number of benzene rings is 3. The first-order chi connectivity index (χ1) is 18.1. The number of fused-ring (bicyclic) bond motifs is 6. The van der Waals surface area contributed by atoms with Crippen LogP contribution >= 0.6 is 11.6 Å². The Morgan fingerprint density at radius 1 is 0.946 bits per heavy atom. The number of aryl methyl sites for hydroxylation is 4. The molecule has 0 unspecified atom stereocenters. The van der Waals surface area contributed by atoms with Gasteiger partial charge in [0.15, 0.2) is 35.7 Å². The Bertz CT molecular complexity index is 1710. The third-order valence-corrected chi connectivity index (χ3v) is 7.85. The molecule has 1 N–H and O–H groups in total. The molecular formula is C30H26ClN2O4+. The van der Waals surface area contributed by atoms with Crippen LogP contribution in [0.2, 0.25) is 5.02 Å². The summed E-state index contributed by atoms with van der Waals surface area (Å²) < 4.78 is 25.3. The van der Waals surface area contributed by atoms with Crippen molar-refractivity contribution in [1.29, 1.82) is 0 Å². The predicted molar refractivity (Wildman–Crippen MR) is 143 cm³/mol. The molecule has 186 valence electrons. The Kier molecular flexibility index (Phi) is 5.18. The highest BCUT2D eigenvalue weighted by molar-refractivity contribution is 6.31. The number of methoxy groups -OCH3 is 2. The average molecular weight is 514 g/mol. The van der Waals surface area contributed by atoms with Gasteiger partial charge in [-0.3, -0.25) is 0 Å². The zero-order chi connectivity index (χ0) is 25.1. The predicted octanol–water partition coefficient (Wildman–Crippen LogP) is 6.02. The first-order valence-electron chi connectivity index (χ1n) is 12.4. The molecule has 0 atom stereocenters. The van der Waals surface area contributed by atoms with Gasteiger partial charge < -0.3 is 23.9 Å². The zero-order valence-electron chi connectivity index (χ0n) is 20.7. The van der Waals surface area contributed by atoms with Crippen molar-refractivity contribution in [2.24, 2.45) is 0 Å². The normalized spacial score (nSPS) is 13.6. The van der Waals surface area contributed by atoms with Crippen LogP contribution in [0, 0.1) is 0 Å². The molecule has 0 radical (unpaired) electrons. The van der Waals surface area contributed by atoms with E-state index in [1.54, 1.807) is 14.2 Å². The summed E-state index contributed by atoms with van der Waals surface area (Å²) in [6, 6.07) is 14.4. The molecule has 7 rings (SSSR count). The van der Waals surface area contributed by atoms with Gasteiger partial charge in [0, 0.05) is 39.5 Å². The van der Waals surface area contributed by atoms with E-state index in [1.165, 1.54) is 27.9 Å². The lowest BCUT2D eigenvalue weighted by atomic mass is 9.88. The molecule has 0 aliphatic carbocycles. The van der Waals surface area contributed by atoms with E-state index in [9.17, 15) is 0 Å². The molecule has 0 spiro atoms. The SMILES string of the molecule is COc1ccc2c(CCc3c[nH]c4ccc(Cl)cc34)c3[n+](cc2c1OC)CCc1cc2c(cc1-3)OCO2. The van der Waals surface area contributed by atoms with Crippen LogP contribution in [0.4, 0.5) is 0 Å². The second-order valence-corrected chi connectivity index (χ2v) is 9.96. The maximum atomic E-state index is 6.34. The maximum Gasteiger partial charge on any atom is 0.231 e. The molecule has 3 aromatic carbocycles. The van der Waals surface area contributed by atoms with Gasteiger partial charge in [-0.15, -0.1) is 0 Å². The van der Waals surface area contributed by atoms with Gasteiger partial charge in [-0.1, -0.05) is 11.6 Å². The summed E-state index contributed by atoms with van der Waals surface area (Å²) in [6.45, 7) is 1.14. The highest BCUT2D eigenvalue weighted by Gasteiger charge is 2.32. The number of hydrogen-bond donors (Lipinski definition) is 1. The van der Waals surface area contributed by atoms with E-state index in [1.807, 2.05) is 24.3 Å². The fourth-order valence-electron chi connectivity index (χ4n) is 5.88. The van der Waals surface area contributed by atoms with Crippen LogP contribution in [-0.2, 0) is 25.8 Å². The molecule has 7 heteroatoms. The number of ether oxygens (including phenoxy) is 4. The standard InChI is InChI=1S/C30H26ClN2O4/c1-34-26-8-6-20-21(5-3-18-14-32-25-7-4-19(31)12-22(18)25)29-23-13-28-27(36-16-37-28)11-17(23)9-10-33(29)15-24(20)30(26)35-2/h4,6-8,11-15,32H,3,5,9-10,16H2,1-2H3/q+1. The number of nitrogens with zero attached hydrogens (tertiary/aromatic N) is 1. The first kappa shape index (κ1) is 22.3. The van der Waals surface area contributed by atoms with Gasteiger partial charge in [-0.25, -0.2) is 0 Å². The minimum absolute atomic E-state index is 0.267. The largest absolute Gasteiger partial charge is 0.493 e. The van der Waals surface area contributed by atoms with Crippen LogP contribution < -0.4 is 23.5 Å². The molecule has 2 aliphatic rings. The van der Waals surface area contributed by atoms with Crippen LogP contribution in [-0.4, -0.2) is 26.0 Å². The number of H-pyrrole nitrogens is 1. The molecular weight excluding hydrogens is 488 g/mol. The summed E-state index contributed by atoms with van der Waals surface area (Å²) in [6.07, 6.45) is 6.92. The molecule has 0 saturated carbocycles. The van der Waals surface area contributed by atoms with Gasteiger partial charge >= 0.3 is 0 Å². The van der Waals surface area contributed by atoms with Gasteiger partial charge in [0.25, 0.3) is 0 Å². The third kappa shape index (κ3) is 3.50. The maximum absolute atomic E-state index is 6.34. The number of pyridine rings is 1. The summed E-state index contributed by atoms with van der Waals surface area (Å²) in [7, 11) is 3.38. The molecule has 2 aliphatic heterocycles. The lowest BCUT2D eigenvalue weighted by Crippen LogP contribution is -2.41. The molecule has 2 aromatic heterocycles. The molecule has 4 heterocycles. The quantitative estimate of drug-likeness (QED) is 0.292. The van der Waals surface area contributed by atoms with Crippen molar-refractivity contribution in [3.63, 3.8) is 0 Å². The monoisotopic (exact) mass is 513 g/mol. The van der Waals surface area contributed by atoms with Gasteiger partial charge in [0.2, 0.25) is 12.5 Å². The molecule has 37 heavy (non-hydrogen) atoms. The molecule has 6 nitrogen and oxygen atoms in total. The third-order valence-electron chi connectivity index (χ3n) is 7.62. The van der Waals surface area contributed by atoms with Gasteiger partial charge in [-0.05, 0) is 66.4 Å². The zero-order valence-corrected chi connectivity index (χ0v) is 21.4. The van der Waals surface area contributed by atoms with E-state index >= 15 is 0 Å². The van der Waals surface area contributed by atoms with Crippen molar-refractivity contribution in [2.75, 3.05) is 21.0 Å². The summed E-state index contributed by atoms with van der Waals surface area (Å²) in [4.78, 5) is 3.40. The topological polar surface area (TPSA) is 56.6 Å². The highest BCUT2D eigenvalue weighted by atomic mass is 35.5. The smallest absolute Gasteiger partial charge is 0.231 e. The minimum Gasteiger partial charge on any atom is -0.493 e. The Morgan fingerprint density at radius 3 is 2.65 bits per heavy atom. The second kappa shape index (κ2) is 8.60. The van der Waals surface area contributed by atoms with Crippen LogP contribution in [0.5, 0.6) is 23.0 Å². The van der Waals surface area contributed by atoms with Crippen molar-refractivity contribution in [3.8, 4) is 34.3 Å². The van der Waals surface area contributed by atoms with Gasteiger partial charge in [0.05, 0.1) is 25.2 Å². The average Bonchev–Trinajstić information content (AvgIpc) is 3.55. The number of nitrogens with one attached hydrogen (secondary N) is 1. The summed E-state index contributed by atoms with van der Waals surface area (Å²) >= 11 is 6.34. The van der Waals surface area contributed by atoms with E-state index < -0.39 is 0 Å². The fraction of sp³-hybridized carbons (Fsp3) is 0.233. The van der Waals surface area contributed by atoms with Gasteiger partial charge in [-0.2, -0.15) is 4.57 Å². The first-order valence-corrected chi connectivity index (χ1v) is 12.8. The molecule has 0 saturated heterocycles. The fourth-order valence-corrected chi connectivity index (χ4v) is 6.05. The van der Waals surface area contributed by atoms with E-state index in [-0.39, 0.29) is 6.79 Å². The van der Waals surface area contributed by atoms with Crippen molar-refractivity contribution >= 4 is 33.3 Å². The number of aromatic nitrogens is 2. The lowest BCUT2D eigenvalue weighted by molar-refractivity contribution is -0.686. The van der Waals surface area contributed by atoms with Crippen molar-refractivity contribution < 1.29 is 23.5 Å². The highest BCUT2D eigenvalue weighted by Crippen LogP contribution is 2.44. The summed E-state index contributed by atoms with van der Waals surface area (Å²) in [5, 5.41) is 4.12. The minimum atomic E-state index is 0.267. The van der Waals surface area contributed by atoms with Gasteiger partial charge in [0.1, 0.15) is 0 Å². The van der Waals surface area contributed by atoms with E-state index in [0.717, 1.165) is 75.5 Å². The van der Waals surface area contributed by atoms with Crippen molar-refractivity contribution in [3.05, 3.63) is 76.6 Å². The van der Waals surface area contributed by atoms with Crippen LogP contribution in [0.25, 0.3) is 32.9 Å². The summed E-state index contributed by atoms with van der Waals surface area (Å²) in [5.74, 6) is 3.12. The Balaban J connectivity index is 1.44. The number of rotatable bonds is 5. The Hall–Kier alpha value is -3.90.